The van der Waals surface area contributed by atoms with Gasteiger partial charge in [-0.25, -0.2) is 13.4 Å². The van der Waals surface area contributed by atoms with E-state index in [0.717, 1.165) is 11.3 Å². The maximum atomic E-state index is 12.9. The van der Waals surface area contributed by atoms with Crippen molar-refractivity contribution in [2.24, 2.45) is 7.05 Å². The Morgan fingerprint density at radius 2 is 1.85 bits per heavy atom. The van der Waals surface area contributed by atoms with Gasteiger partial charge < -0.3 is 10.6 Å². The minimum absolute atomic E-state index is 0.00314. The molecule has 0 saturated carbocycles. The predicted molar refractivity (Wildman–Crippen MR) is 130 cm³/mol. The molecule has 4 aromatic rings. The van der Waals surface area contributed by atoms with Gasteiger partial charge in [0.25, 0.3) is 21.8 Å². The number of hydrogen-bond acceptors (Lipinski definition) is 7. The maximum absolute atomic E-state index is 12.9. The van der Waals surface area contributed by atoms with Crippen LogP contribution in [0.15, 0.2) is 71.3 Å². The standard InChI is InChI=1S/C21H17ClN6O4S2/c1-28-12-16(11-24-28)27-34(31,32)17-7-8-33-19(17)21(30)25-15-4-2-3-13(9-15)20(29)26-18-6-5-14(22)10-23-18/h2-12,27H,1H3,(H,25,30)(H,23,26,29). The first kappa shape index (κ1) is 23.4. The summed E-state index contributed by atoms with van der Waals surface area (Å²) < 4.78 is 29.4. The number of hydrogen-bond donors (Lipinski definition) is 3. The third kappa shape index (κ3) is 5.42. The van der Waals surface area contributed by atoms with Crippen molar-refractivity contribution in [3.63, 3.8) is 0 Å². The van der Waals surface area contributed by atoms with Crippen LogP contribution in [0.2, 0.25) is 5.02 Å². The van der Waals surface area contributed by atoms with Gasteiger partial charge in [-0.3, -0.25) is 19.0 Å². The molecular weight excluding hydrogens is 500 g/mol. The summed E-state index contributed by atoms with van der Waals surface area (Å²) in [5.41, 5.74) is 0.861. The van der Waals surface area contributed by atoms with E-state index in [1.54, 1.807) is 37.4 Å². The lowest BCUT2D eigenvalue weighted by molar-refractivity contribution is 0.101. The minimum Gasteiger partial charge on any atom is -0.321 e. The van der Waals surface area contributed by atoms with Crippen LogP contribution in [-0.4, -0.2) is 35.0 Å². The van der Waals surface area contributed by atoms with E-state index < -0.39 is 21.8 Å². The normalized spacial score (nSPS) is 11.1. The van der Waals surface area contributed by atoms with Crippen molar-refractivity contribution in [2.45, 2.75) is 4.90 Å². The third-order valence-electron chi connectivity index (χ3n) is 4.43. The van der Waals surface area contributed by atoms with E-state index in [1.165, 1.54) is 40.8 Å². The topological polar surface area (TPSA) is 135 Å². The number of anilines is 3. The second kappa shape index (κ2) is 9.63. The predicted octanol–water partition coefficient (Wildman–Crippen LogP) is 3.84. The molecular formula is C21H17ClN6O4S2. The monoisotopic (exact) mass is 516 g/mol. The Morgan fingerprint density at radius 3 is 2.56 bits per heavy atom. The molecule has 34 heavy (non-hydrogen) atoms. The average molecular weight is 517 g/mol. The van der Waals surface area contributed by atoms with Crippen LogP contribution in [0.25, 0.3) is 0 Å². The molecule has 0 bridgehead atoms. The number of carbonyl (C=O) groups is 2. The van der Waals surface area contributed by atoms with E-state index in [0.29, 0.717) is 16.5 Å². The molecule has 0 radical (unpaired) electrons. The summed E-state index contributed by atoms with van der Waals surface area (Å²) in [5.74, 6) is -0.747. The Hall–Kier alpha value is -3.74. The van der Waals surface area contributed by atoms with Crippen molar-refractivity contribution in [2.75, 3.05) is 15.4 Å². The van der Waals surface area contributed by atoms with Crippen molar-refractivity contribution in [3.8, 4) is 0 Å². The molecule has 0 atom stereocenters. The first-order valence-electron chi connectivity index (χ1n) is 9.64. The maximum Gasteiger partial charge on any atom is 0.267 e. The van der Waals surface area contributed by atoms with Gasteiger partial charge in [0.15, 0.2) is 0 Å². The van der Waals surface area contributed by atoms with Gasteiger partial charge in [-0.05, 0) is 41.8 Å². The van der Waals surface area contributed by atoms with Gasteiger partial charge in [0.1, 0.15) is 15.6 Å². The molecule has 0 unspecified atom stereocenters. The summed E-state index contributed by atoms with van der Waals surface area (Å²) >= 11 is 6.78. The van der Waals surface area contributed by atoms with E-state index in [9.17, 15) is 18.0 Å². The summed E-state index contributed by atoms with van der Waals surface area (Å²) in [6.07, 6.45) is 4.27. The van der Waals surface area contributed by atoms with Crippen LogP contribution in [0, 0.1) is 0 Å². The van der Waals surface area contributed by atoms with Crippen LogP contribution in [0.3, 0.4) is 0 Å². The zero-order chi connectivity index (χ0) is 24.3. The molecule has 2 amide bonds. The number of halogens is 1. The Morgan fingerprint density at radius 1 is 1.03 bits per heavy atom. The van der Waals surface area contributed by atoms with Crippen molar-refractivity contribution in [1.82, 2.24) is 14.8 Å². The number of benzene rings is 1. The van der Waals surface area contributed by atoms with Crippen molar-refractivity contribution >= 4 is 62.0 Å². The lowest BCUT2D eigenvalue weighted by Crippen LogP contribution is -2.18. The van der Waals surface area contributed by atoms with Gasteiger partial charge >= 0.3 is 0 Å². The second-order valence-electron chi connectivity index (χ2n) is 6.97. The largest absolute Gasteiger partial charge is 0.321 e. The fourth-order valence-corrected chi connectivity index (χ4v) is 5.39. The van der Waals surface area contributed by atoms with Crippen LogP contribution in [0.4, 0.5) is 17.2 Å². The first-order valence-corrected chi connectivity index (χ1v) is 12.4. The molecule has 3 aromatic heterocycles. The number of amides is 2. The molecule has 3 N–H and O–H groups in total. The van der Waals surface area contributed by atoms with Gasteiger partial charge in [-0.2, -0.15) is 5.10 Å². The molecule has 0 spiro atoms. The summed E-state index contributed by atoms with van der Waals surface area (Å²) in [4.78, 5) is 29.3. The van der Waals surface area contributed by atoms with Crippen LogP contribution in [0.5, 0.6) is 0 Å². The molecule has 0 fully saturated rings. The summed E-state index contributed by atoms with van der Waals surface area (Å²) in [6.45, 7) is 0. The van der Waals surface area contributed by atoms with Gasteiger partial charge in [0.05, 0.1) is 16.9 Å². The molecule has 1 aromatic carbocycles. The van der Waals surface area contributed by atoms with Crippen molar-refractivity contribution in [3.05, 3.63) is 81.9 Å². The van der Waals surface area contributed by atoms with Crippen LogP contribution in [0.1, 0.15) is 20.0 Å². The lowest BCUT2D eigenvalue weighted by atomic mass is 10.2. The van der Waals surface area contributed by atoms with Crippen LogP contribution < -0.4 is 15.4 Å². The van der Waals surface area contributed by atoms with E-state index in [-0.39, 0.29) is 21.0 Å². The summed E-state index contributed by atoms with van der Waals surface area (Å²) in [6, 6.07) is 10.7. The number of carbonyl (C=O) groups excluding carboxylic acids is 2. The Kier molecular flexibility index (Phi) is 6.63. The Balaban J connectivity index is 1.49. The third-order valence-corrected chi connectivity index (χ3v) is 7.12. The van der Waals surface area contributed by atoms with E-state index >= 15 is 0 Å². The number of rotatable bonds is 7. The Bertz CT molecular complexity index is 1460. The zero-order valence-electron chi connectivity index (χ0n) is 17.5. The SMILES string of the molecule is Cn1cc(NS(=O)(=O)c2ccsc2C(=O)Nc2cccc(C(=O)Nc3ccc(Cl)cn3)c2)cn1. The Labute approximate surface area is 203 Å². The zero-order valence-corrected chi connectivity index (χ0v) is 19.9. The van der Waals surface area contributed by atoms with Crippen molar-refractivity contribution in [1.29, 1.82) is 0 Å². The number of aryl methyl sites for hydroxylation is 1. The van der Waals surface area contributed by atoms with Gasteiger partial charge in [-0.15, -0.1) is 11.3 Å². The van der Waals surface area contributed by atoms with Crippen molar-refractivity contribution < 1.29 is 18.0 Å². The highest BCUT2D eigenvalue weighted by Crippen LogP contribution is 2.26. The molecule has 3 heterocycles. The highest BCUT2D eigenvalue weighted by Gasteiger charge is 2.25. The molecule has 0 saturated heterocycles. The van der Waals surface area contributed by atoms with E-state index in [2.05, 4.69) is 25.4 Å². The van der Waals surface area contributed by atoms with Gasteiger partial charge in [0, 0.05) is 30.7 Å². The smallest absolute Gasteiger partial charge is 0.267 e. The number of thiophene rings is 1. The molecule has 10 nitrogen and oxygen atoms in total. The van der Waals surface area contributed by atoms with E-state index in [1.807, 2.05) is 0 Å². The van der Waals surface area contributed by atoms with Gasteiger partial charge in [0.2, 0.25) is 0 Å². The molecule has 0 aliphatic carbocycles. The highest BCUT2D eigenvalue weighted by molar-refractivity contribution is 7.93. The molecule has 174 valence electrons. The number of sulfonamides is 1. The second-order valence-corrected chi connectivity index (χ2v) is 9.98. The number of aromatic nitrogens is 3. The summed E-state index contributed by atoms with van der Waals surface area (Å²) in [5, 5.41) is 11.1. The molecule has 0 aliphatic rings. The van der Waals surface area contributed by atoms with Gasteiger partial charge in [-0.1, -0.05) is 17.7 Å². The fraction of sp³-hybridized carbons (Fsp3) is 0.0476. The highest BCUT2D eigenvalue weighted by atomic mass is 35.5. The minimum atomic E-state index is -4.02. The lowest BCUT2D eigenvalue weighted by Gasteiger charge is -2.09. The molecule has 13 heteroatoms. The summed E-state index contributed by atoms with van der Waals surface area (Å²) in [7, 11) is -2.36. The van der Waals surface area contributed by atoms with E-state index in [4.69, 9.17) is 11.6 Å². The quantitative estimate of drug-likeness (QED) is 0.341. The first-order chi connectivity index (χ1) is 16.2. The van der Waals surface area contributed by atoms with Crippen LogP contribution in [-0.2, 0) is 17.1 Å². The molecule has 0 aliphatic heterocycles. The number of nitrogens with one attached hydrogen (secondary N) is 3. The number of pyridine rings is 1. The fourth-order valence-electron chi connectivity index (χ4n) is 2.92. The van der Waals surface area contributed by atoms with Crippen LogP contribution >= 0.6 is 22.9 Å². The molecule has 4 rings (SSSR count). The average Bonchev–Trinajstić information content (AvgIpc) is 3.45. The number of nitrogens with zero attached hydrogens (tertiary/aromatic N) is 3.